The van der Waals surface area contributed by atoms with E-state index in [0.717, 1.165) is 16.0 Å². The summed E-state index contributed by atoms with van der Waals surface area (Å²) >= 11 is 6.10. The number of aryl methyl sites for hydroxylation is 1. The third kappa shape index (κ3) is 3.16. The second kappa shape index (κ2) is 8.21. The minimum Gasteiger partial charge on any atom is -0.469 e. The molecule has 2 aromatic rings. The summed E-state index contributed by atoms with van der Waals surface area (Å²) < 4.78 is 4.92. The smallest absolute Gasteiger partial charge is 0.307 e. The Balaban J connectivity index is 1.70. The van der Waals surface area contributed by atoms with E-state index in [4.69, 9.17) is 16.3 Å². The molecule has 0 bridgehead atoms. The molecule has 1 N–H and O–H groups in total. The van der Waals surface area contributed by atoms with Crippen molar-refractivity contribution >= 4 is 41.0 Å². The maximum absolute atomic E-state index is 13.9. The van der Waals surface area contributed by atoms with Gasteiger partial charge in [0, 0.05) is 24.2 Å². The number of carbonyl (C=O) groups excluding carboxylic acids is 4. The maximum Gasteiger partial charge on any atom is 0.307 e. The van der Waals surface area contributed by atoms with Crippen molar-refractivity contribution in [1.29, 1.82) is 0 Å². The van der Waals surface area contributed by atoms with Crippen LogP contribution < -0.4 is 10.2 Å². The van der Waals surface area contributed by atoms with Crippen LogP contribution in [0.2, 0.25) is 5.02 Å². The van der Waals surface area contributed by atoms with Gasteiger partial charge in [-0.15, -0.1) is 0 Å². The highest BCUT2D eigenvalue weighted by Gasteiger charge is 2.73. The fraction of sp³-hybridized carbons (Fsp3) is 0.360. The number of anilines is 1. The first kappa shape index (κ1) is 22.6. The molecule has 4 atom stereocenters. The largest absolute Gasteiger partial charge is 0.469 e. The number of imide groups is 1. The number of piperazine rings is 1. The Morgan fingerprint density at radius 3 is 2.41 bits per heavy atom. The highest BCUT2D eigenvalue weighted by Crippen LogP contribution is 2.57. The first-order valence-corrected chi connectivity index (χ1v) is 11.5. The van der Waals surface area contributed by atoms with Crippen LogP contribution in [0.4, 0.5) is 5.69 Å². The van der Waals surface area contributed by atoms with E-state index >= 15 is 0 Å². The van der Waals surface area contributed by atoms with Gasteiger partial charge in [0.1, 0.15) is 5.54 Å². The van der Waals surface area contributed by atoms with E-state index in [1.54, 1.807) is 36.4 Å². The number of esters is 1. The molecule has 0 unspecified atom stereocenters. The van der Waals surface area contributed by atoms with Gasteiger partial charge in [-0.1, -0.05) is 41.4 Å². The van der Waals surface area contributed by atoms with Gasteiger partial charge in [0.05, 0.1) is 31.1 Å². The number of hydrogen-bond donors (Lipinski definition) is 1. The molecule has 3 aliphatic heterocycles. The molecular weight excluding hydrogens is 458 g/mol. The number of nitrogens with one attached hydrogen (secondary N) is 1. The maximum atomic E-state index is 13.9. The van der Waals surface area contributed by atoms with Crippen molar-refractivity contribution in [2.45, 2.75) is 24.9 Å². The average Bonchev–Trinajstić information content (AvgIpc) is 3.26. The highest BCUT2D eigenvalue weighted by atomic mass is 35.5. The molecule has 176 valence electrons. The Labute approximate surface area is 201 Å². The predicted octanol–water partition coefficient (Wildman–Crippen LogP) is 2.24. The Morgan fingerprint density at radius 2 is 1.76 bits per heavy atom. The van der Waals surface area contributed by atoms with Gasteiger partial charge in [0.15, 0.2) is 0 Å². The molecule has 5 rings (SSSR count). The summed E-state index contributed by atoms with van der Waals surface area (Å²) in [6.45, 7) is 2.64. The van der Waals surface area contributed by atoms with Crippen molar-refractivity contribution in [3.8, 4) is 0 Å². The van der Waals surface area contributed by atoms with Crippen LogP contribution in [-0.2, 0) is 23.9 Å². The van der Waals surface area contributed by atoms with Gasteiger partial charge >= 0.3 is 5.97 Å². The zero-order valence-electron chi connectivity index (χ0n) is 18.8. The van der Waals surface area contributed by atoms with Crippen LogP contribution in [0, 0.1) is 18.8 Å². The monoisotopic (exact) mass is 481 g/mol. The lowest BCUT2D eigenvalue weighted by Crippen LogP contribution is -2.67. The van der Waals surface area contributed by atoms with Gasteiger partial charge in [-0.2, -0.15) is 0 Å². The first-order valence-electron chi connectivity index (χ1n) is 11.1. The van der Waals surface area contributed by atoms with Gasteiger partial charge in [0.2, 0.25) is 17.7 Å². The summed E-state index contributed by atoms with van der Waals surface area (Å²) in [5.41, 5.74) is 0.655. The van der Waals surface area contributed by atoms with Crippen molar-refractivity contribution in [1.82, 2.24) is 10.2 Å². The van der Waals surface area contributed by atoms with E-state index in [1.165, 1.54) is 7.11 Å². The molecule has 0 aromatic heterocycles. The van der Waals surface area contributed by atoms with Crippen LogP contribution >= 0.6 is 11.6 Å². The Kier molecular flexibility index (Phi) is 5.45. The number of hydrogen-bond acceptors (Lipinski definition) is 6. The lowest BCUT2D eigenvalue weighted by molar-refractivity contribution is -0.154. The lowest BCUT2D eigenvalue weighted by atomic mass is 9.76. The first-order chi connectivity index (χ1) is 16.3. The summed E-state index contributed by atoms with van der Waals surface area (Å²) in [6.07, 6.45) is -0.332. The van der Waals surface area contributed by atoms with Crippen molar-refractivity contribution in [3.63, 3.8) is 0 Å². The van der Waals surface area contributed by atoms with Crippen LogP contribution in [0.3, 0.4) is 0 Å². The minimum atomic E-state index is -1.54. The topological polar surface area (TPSA) is 96.0 Å². The molecule has 8 nitrogen and oxygen atoms in total. The zero-order valence-corrected chi connectivity index (χ0v) is 19.5. The van der Waals surface area contributed by atoms with Crippen LogP contribution in [0.25, 0.3) is 0 Å². The van der Waals surface area contributed by atoms with Crippen LogP contribution in [-0.4, -0.2) is 54.3 Å². The molecule has 9 heteroatoms. The summed E-state index contributed by atoms with van der Waals surface area (Å²) in [5, 5.41) is 3.36. The normalized spacial score (nSPS) is 28.5. The number of methoxy groups -OCH3 is 1. The number of carbonyl (C=O) groups is 4. The Morgan fingerprint density at radius 1 is 1.09 bits per heavy atom. The molecule has 3 saturated heterocycles. The van der Waals surface area contributed by atoms with E-state index in [9.17, 15) is 19.2 Å². The molecule has 3 fully saturated rings. The van der Waals surface area contributed by atoms with Gasteiger partial charge in [-0.25, -0.2) is 4.90 Å². The standard InChI is InChI=1S/C25H24ClN3O5/c1-14-3-9-17(10-4-14)29-22(31)19-20(23(29)32)25(13-18(30)34-2)24(33)27-11-12-28(25)21(19)15-5-7-16(26)8-6-15/h3-10,19-21H,11-13H2,1-2H3,(H,27,33)/t19-,20-,21-,25-/m0/s1. The number of nitrogens with zero attached hydrogens (tertiary/aromatic N) is 2. The van der Waals surface area contributed by atoms with Gasteiger partial charge in [0.25, 0.3) is 0 Å². The minimum absolute atomic E-state index is 0.332. The molecule has 0 saturated carbocycles. The van der Waals surface area contributed by atoms with Gasteiger partial charge in [-0.3, -0.25) is 24.1 Å². The second-order valence-electron chi connectivity index (χ2n) is 8.97. The SMILES string of the molecule is COC(=O)C[C@]12C(=O)NCCN1[C@@H](c1ccc(Cl)cc1)[C@H]1C(=O)N(c3ccc(C)cc3)C(=O)[C@H]12. The fourth-order valence-corrected chi connectivity index (χ4v) is 5.89. The van der Waals surface area contributed by atoms with Crippen molar-refractivity contribution < 1.29 is 23.9 Å². The molecule has 3 amide bonds. The number of benzene rings is 2. The molecule has 34 heavy (non-hydrogen) atoms. The molecule has 0 spiro atoms. The number of fused-ring (bicyclic) bond motifs is 3. The molecule has 3 aliphatic rings. The number of amides is 3. The van der Waals surface area contributed by atoms with Crippen molar-refractivity contribution in [3.05, 3.63) is 64.7 Å². The predicted molar refractivity (Wildman–Crippen MR) is 124 cm³/mol. The summed E-state index contributed by atoms with van der Waals surface area (Å²) in [5.74, 6) is -3.81. The Bertz CT molecular complexity index is 1180. The average molecular weight is 482 g/mol. The Hall–Kier alpha value is -3.23. The molecule has 0 radical (unpaired) electrons. The van der Waals surface area contributed by atoms with Crippen LogP contribution in [0.15, 0.2) is 48.5 Å². The van der Waals surface area contributed by atoms with Crippen molar-refractivity contribution in [2.75, 3.05) is 25.1 Å². The van der Waals surface area contributed by atoms with Crippen LogP contribution in [0.5, 0.6) is 0 Å². The third-order valence-corrected chi connectivity index (χ3v) is 7.48. The number of halogens is 1. The fourth-order valence-electron chi connectivity index (χ4n) is 5.77. The second-order valence-corrected chi connectivity index (χ2v) is 9.41. The van der Waals surface area contributed by atoms with Crippen molar-refractivity contribution in [2.24, 2.45) is 11.8 Å². The van der Waals surface area contributed by atoms with Gasteiger partial charge in [-0.05, 0) is 36.8 Å². The number of ether oxygens (including phenoxy) is 1. The van der Waals surface area contributed by atoms with E-state index in [0.29, 0.717) is 23.8 Å². The lowest BCUT2D eigenvalue weighted by Gasteiger charge is -2.45. The quantitative estimate of drug-likeness (QED) is 0.531. The van der Waals surface area contributed by atoms with Crippen LogP contribution in [0.1, 0.15) is 23.6 Å². The molecule has 2 aromatic carbocycles. The molecule has 0 aliphatic carbocycles. The summed E-state index contributed by atoms with van der Waals surface area (Å²) in [4.78, 5) is 56.9. The summed E-state index contributed by atoms with van der Waals surface area (Å²) in [6, 6.07) is 13.5. The van der Waals surface area contributed by atoms with E-state index in [2.05, 4.69) is 5.32 Å². The number of rotatable bonds is 4. The zero-order chi connectivity index (χ0) is 24.2. The van der Waals surface area contributed by atoms with E-state index in [1.807, 2.05) is 24.0 Å². The summed E-state index contributed by atoms with van der Waals surface area (Å²) in [7, 11) is 1.24. The third-order valence-electron chi connectivity index (χ3n) is 7.23. The van der Waals surface area contributed by atoms with Gasteiger partial charge < -0.3 is 10.1 Å². The highest BCUT2D eigenvalue weighted by molar-refractivity contribution is 6.30. The molecule has 3 heterocycles. The molecular formula is C25H24ClN3O5. The van der Waals surface area contributed by atoms with E-state index in [-0.39, 0.29) is 12.3 Å². The van der Waals surface area contributed by atoms with E-state index < -0.39 is 41.2 Å².